The van der Waals surface area contributed by atoms with Crippen molar-refractivity contribution in [2.24, 2.45) is 5.92 Å². The van der Waals surface area contributed by atoms with Gasteiger partial charge in [0, 0.05) is 45.8 Å². The second kappa shape index (κ2) is 11.8. The Balaban J connectivity index is 2.29. The number of hydrogen-bond acceptors (Lipinski definition) is 8. The first-order valence-electron chi connectivity index (χ1n) is 10.6. The third kappa shape index (κ3) is 6.65. The minimum Gasteiger partial charge on any atom is -0.385 e. The molecule has 0 spiro atoms. The highest BCUT2D eigenvalue weighted by Crippen LogP contribution is 2.23. The molecule has 12 heteroatoms. The summed E-state index contributed by atoms with van der Waals surface area (Å²) < 4.78 is 6.29. The van der Waals surface area contributed by atoms with Gasteiger partial charge in [0.15, 0.2) is 5.69 Å². The van der Waals surface area contributed by atoms with E-state index in [1.165, 1.54) is 22.6 Å². The molecule has 2 aromatic rings. The molecular formula is C21H30N6O6. The number of H-pyrrole nitrogens is 1. The maximum absolute atomic E-state index is 13.1. The Hall–Kier alpha value is -3.67. The Morgan fingerprint density at radius 3 is 2.67 bits per heavy atom. The second-order valence-electron chi connectivity index (χ2n) is 7.84. The van der Waals surface area contributed by atoms with Gasteiger partial charge < -0.3 is 20.7 Å². The number of para-hydroxylation sites is 2. The molecule has 180 valence electrons. The van der Waals surface area contributed by atoms with Crippen LogP contribution in [0.25, 0.3) is 0 Å². The Kier molecular flexibility index (Phi) is 9.16. The minimum atomic E-state index is -0.755. The van der Waals surface area contributed by atoms with E-state index >= 15 is 0 Å². The van der Waals surface area contributed by atoms with Crippen molar-refractivity contribution in [1.29, 1.82) is 0 Å². The molecule has 0 aliphatic rings. The number of nitro groups is 1. The highest BCUT2D eigenvalue weighted by molar-refractivity contribution is 5.95. The second-order valence-corrected chi connectivity index (χ2v) is 7.84. The number of amides is 1. The molecular weight excluding hydrogens is 432 g/mol. The van der Waals surface area contributed by atoms with Crippen molar-refractivity contribution in [3.63, 3.8) is 0 Å². The molecule has 1 aromatic carbocycles. The molecule has 0 aliphatic carbocycles. The number of ether oxygens (including phenoxy) is 1. The number of carbonyl (C=O) groups is 1. The highest BCUT2D eigenvalue weighted by atomic mass is 16.6. The predicted octanol–water partition coefficient (Wildman–Crippen LogP) is 1.55. The van der Waals surface area contributed by atoms with Crippen LogP contribution in [0.3, 0.4) is 0 Å². The van der Waals surface area contributed by atoms with E-state index in [1.54, 1.807) is 18.2 Å². The van der Waals surface area contributed by atoms with Gasteiger partial charge in [-0.05, 0) is 18.4 Å². The van der Waals surface area contributed by atoms with Gasteiger partial charge in [-0.25, -0.2) is 4.79 Å². The number of aromatic nitrogens is 2. The van der Waals surface area contributed by atoms with Gasteiger partial charge in [0.25, 0.3) is 11.2 Å². The summed E-state index contributed by atoms with van der Waals surface area (Å²) in [7, 11) is 1.52. The van der Waals surface area contributed by atoms with E-state index in [0.717, 1.165) is 0 Å². The number of nitro benzene ring substituents is 1. The minimum absolute atomic E-state index is 0.0682. The quantitative estimate of drug-likeness (QED) is 0.243. The first-order chi connectivity index (χ1) is 15.7. The van der Waals surface area contributed by atoms with Crippen molar-refractivity contribution in [2.45, 2.75) is 33.2 Å². The summed E-state index contributed by atoms with van der Waals surface area (Å²) in [5.41, 5.74) is 4.86. The number of anilines is 3. The number of nitrogen functional groups attached to an aromatic ring is 1. The first-order valence-corrected chi connectivity index (χ1v) is 10.6. The van der Waals surface area contributed by atoms with Crippen molar-refractivity contribution < 1.29 is 14.5 Å². The Morgan fingerprint density at radius 1 is 1.33 bits per heavy atom. The van der Waals surface area contributed by atoms with Gasteiger partial charge >= 0.3 is 5.69 Å². The first kappa shape index (κ1) is 25.6. The average Bonchev–Trinajstić information content (AvgIpc) is 2.75. The molecule has 4 N–H and O–H groups in total. The topological polar surface area (TPSA) is 166 Å². The molecule has 0 fully saturated rings. The number of benzene rings is 1. The zero-order valence-corrected chi connectivity index (χ0v) is 19.0. The normalized spacial score (nSPS) is 10.9. The van der Waals surface area contributed by atoms with E-state index in [0.29, 0.717) is 13.0 Å². The maximum Gasteiger partial charge on any atom is 0.330 e. The molecule has 33 heavy (non-hydrogen) atoms. The summed E-state index contributed by atoms with van der Waals surface area (Å²) in [6.45, 7) is 4.65. The van der Waals surface area contributed by atoms with Crippen LogP contribution in [0.1, 0.15) is 26.7 Å². The van der Waals surface area contributed by atoms with Crippen molar-refractivity contribution >= 4 is 28.8 Å². The van der Waals surface area contributed by atoms with Crippen LogP contribution in [0.4, 0.5) is 22.9 Å². The maximum atomic E-state index is 13.1. The third-order valence-corrected chi connectivity index (χ3v) is 4.82. The Bertz CT molecular complexity index is 1090. The molecule has 1 aromatic heterocycles. The van der Waals surface area contributed by atoms with E-state index in [2.05, 4.69) is 10.3 Å². The van der Waals surface area contributed by atoms with E-state index in [4.69, 9.17) is 10.5 Å². The molecule has 0 saturated carbocycles. The van der Waals surface area contributed by atoms with Gasteiger partial charge in [0.1, 0.15) is 11.5 Å². The Labute approximate surface area is 190 Å². The highest BCUT2D eigenvalue weighted by Gasteiger charge is 2.24. The molecule has 1 amide bonds. The lowest BCUT2D eigenvalue weighted by molar-refractivity contribution is -0.384. The summed E-state index contributed by atoms with van der Waals surface area (Å²) in [5, 5.41) is 14.1. The fraction of sp³-hybridized carbons (Fsp3) is 0.476. The SMILES string of the molecule is COCCCN(C(=O)CCNc1ccccc1[N+](=O)[O-])c1c(N)n(CC(C)C)c(=O)[nH]c1=O. The van der Waals surface area contributed by atoms with Gasteiger partial charge in [0.05, 0.1) is 4.92 Å². The van der Waals surface area contributed by atoms with Crippen LogP contribution >= 0.6 is 0 Å². The zero-order valence-electron chi connectivity index (χ0n) is 19.0. The number of rotatable bonds is 12. The lowest BCUT2D eigenvalue weighted by Crippen LogP contribution is -2.42. The van der Waals surface area contributed by atoms with Crippen molar-refractivity contribution in [3.05, 3.63) is 55.2 Å². The molecule has 12 nitrogen and oxygen atoms in total. The van der Waals surface area contributed by atoms with Gasteiger partial charge in [-0.1, -0.05) is 26.0 Å². The van der Waals surface area contributed by atoms with E-state index in [1.807, 2.05) is 13.8 Å². The zero-order chi connectivity index (χ0) is 24.5. The molecule has 0 unspecified atom stereocenters. The van der Waals surface area contributed by atoms with Gasteiger partial charge in [-0.3, -0.25) is 29.3 Å². The number of nitrogens with zero attached hydrogens (tertiary/aromatic N) is 3. The monoisotopic (exact) mass is 462 g/mol. The van der Waals surface area contributed by atoms with Crippen molar-refractivity contribution in [1.82, 2.24) is 9.55 Å². The summed E-state index contributed by atoms with van der Waals surface area (Å²) in [6, 6.07) is 6.10. The lowest BCUT2D eigenvalue weighted by Gasteiger charge is -2.25. The smallest absolute Gasteiger partial charge is 0.330 e. The van der Waals surface area contributed by atoms with E-state index in [9.17, 15) is 24.5 Å². The lowest BCUT2D eigenvalue weighted by atomic mass is 10.2. The summed E-state index contributed by atoms with van der Waals surface area (Å²) in [4.78, 5) is 52.1. The number of aromatic amines is 1. The number of hydrogen-bond donors (Lipinski definition) is 3. The Morgan fingerprint density at radius 2 is 2.03 bits per heavy atom. The van der Waals surface area contributed by atoms with Crippen LogP contribution in [0, 0.1) is 16.0 Å². The number of carbonyl (C=O) groups excluding carboxylic acids is 1. The largest absolute Gasteiger partial charge is 0.385 e. The molecule has 0 atom stereocenters. The van der Waals surface area contributed by atoms with Crippen molar-refractivity contribution in [2.75, 3.05) is 42.8 Å². The summed E-state index contributed by atoms with van der Waals surface area (Å²) in [5.74, 6) is -0.439. The number of nitrogens with two attached hydrogens (primary N) is 1. The molecule has 0 saturated heterocycles. The standard InChI is InChI=1S/C21H30N6O6/c1-14(2)13-26-19(22)18(20(29)24-21(26)30)25(11-6-12-33-3)17(28)9-10-23-15-7-4-5-8-16(15)27(31)32/h4-5,7-8,14,23H,6,9-13,22H2,1-3H3,(H,24,29,30). The fourth-order valence-corrected chi connectivity index (χ4v) is 3.33. The van der Waals surface area contributed by atoms with Gasteiger partial charge in [-0.2, -0.15) is 0 Å². The number of methoxy groups -OCH3 is 1. The van der Waals surface area contributed by atoms with Crippen LogP contribution in [-0.4, -0.2) is 47.2 Å². The van der Waals surface area contributed by atoms with Crippen molar-refractivity contribution in [3.8, 4) is 0 Å². The fourth-order valence-electron chi connectivity index (χ4n) is 3.33. The van der Waals surface area contributed by atoms with Crippen LogP contribution in [0.15, 0.2) is 33.9 Å². The molecule has 1 heterocycles. The molecule has 0 radical (unpaired) electrons. The van der Waals surface area contributed by atoms with Gasteiger partial charge in [-0.15, -0.1) is 0 Å². The summed E-state index contributed by atoms with van der Waals surface area (Å²) >= 11 is 0. The molecule has 0 bridgehead atoms. The average molecular weight is 463 g/mol. The van der Waals surface area contributed by atoms with E-state index < -0.39 is 22.1 Å². The van der Waals surface area contributed by atoms with Crippen LogP contribution in [-0.2, 0) is 16.1 Å². The van der Waals surface area contributed by atoms with Gasteiger partial charge in [0.2, 0.25) is 5.91 Å². The predicted molar refractivity (Wildman–Crippen MR) is 126 cm³/mol. The molecule has 0 aliphatic heterocycles. The molecule has 2 rings (SSSR count). The number of nitrogens with one attached hydrogen (secondary N) is 2. The third-order valence-electron chi connectivity index (χ3n) is 4.82. The van der Waals surface area contributed by atoms with Crippen LogP contribution < -0.4 is 27.2 Å². The van der Waals surface area contributed by atoms with Crippen LogP contribution in [0.2, 0.25) is 0 Å². The van der Waals surface area contributed by atoms with E-state index in [-0.39, 0.29) is 54.9 Å². The van der Waals surface area contributed by atoms with Crippen LogP contribution in [0.5, 0.6) is 0 Å². The summed E-state index contributed by atoms with van der Waals surface area (Å²) in [6.07, 6.45) is 0.364.